The molecule has 3 nitrogen and oxygen atoms in total. The lowest BCUT2D eigenvalue weighted by atomic mass is 9.96. The van der Waals surface area contributed by atoms with Crippen LogP contribution in [0.2, 0.25) is 0 Å². The van der Waals surface area contributed by atoms with Gasteiger partial charge in [-0.3, -0.25) is 0 Å². The lowest BCUT2D eigenvalue weighted by Crippen LogP contribution is -2.22. The van der Waals surface area contributed by atoms with Crippen LogP contribution in [0.15, 0.2) is 0 Å². The Kier molecular flexibility index (Phi) is 16.2. The van der Waals surface area contributed by atoms with Crippen molar-refractivity contribution >= 4 is 18.5 Å². The van der Waals surface area contributed by atoms with E-state index in [0.717, 1.165) is 0 Å². The number of nitrogens with one attached hydrogen (secondary N) is 1. The highest BCUT2D eigenvalue weighted by Gasteiger charge is 2.10. The molecule has 0 heterocycles. The molecule has 0 aromatic rings. The second-order valence-electron chi connectivity index (χ2n) is 4.71. The van der Waals surface area contributed by atoms with E-state index in [2.05, 4.69) is 19.2 Å². The molecule has 0 aliphatic heterocycles. The Morgan fingerprint density at radius 1 is 1.06 bits per heavy atom. The second kappa shape index (κ2) is 14.6. The molecule has 1 N–H and O–H groups in total. The number of hydrogen-bond acceptors (Lipinski definition) is 2. The zero-order valence-corrected chi connectivity index (χ0v) is 13.0. The Labute approximate surface area is 118 Å². The summed E-state index contributed by atoms with van der Waals surface area (Å²) < 4.78 is 5.16. The Morgan fingerprint density at radius 2 is 1.67 bits per heavy atom. The van der Waals surface area contributed by atoms with E-state index in [9.17, 15) is 4.79 Å². The molecule has 18 heavy (non-hydrogen) atoms. The van der Waals surface area contributed by atoms with Crippen molar-refractivity contribution in [2.45, 2.75) is 65.2 Å². The van der Waals surface area contributed by atoms with E-state index in [4.69, 9.17) is 4.74 Å². The van der Waals surface area contributed by atoms with Gasteiger partial charge in [-0.1, -0.05) is 52.4 Å². The summed E-state index contributed by atoms with van der Waals surface area (Å²) in [7, 11) is 1.60. The van der Waals surface area contributed by atoms with Crippen LogP contribution in [0, 0.1) is 5.92 Å². The number of carbonyl (C=O) groups excluding carboxylic acids is 1. The fourth-order valence-electron chi connectivity index (χ4n) is 1.93. The molecule has 0 aromatic heterocycles. The van der Waals surface area contributed by atoms with E-state index < -0.39 is 0 Å². The third-order valence-corrected chi connectivity index (χ3v) is 3.09. The highest BCUT2D eigenvalue weighted by atomic mass is 35.5. The maximum atomic E-state index is 11.0. The van der Waals surface area contributed by atoms with Gasteiger partial charge in [0, 0.05) is 7.05 Å². The third kappa shape index (κ3) is 12.0. The van der Waals surface area contributed by atoms with Crippen molar-refractivity contribution in [2.24, 2.45) is 5.92 Å². The van der Waals surface area contributed by atoms with Gasteiger partial charge in [-0.25, -0.2) is 4.79 Å². The number of rotatable bonds is 10. The standard InChI is InChI=1S/C14H29NO2.ClH/c1-4-6-8-9-11-13(10-7-5-2)12-17-14(16)15-3;/h13H,4-12H2,1-3H3,(H,15,16);1H. The van der Waals surface area contributed by atoms with Gasteiger partial charge < -0.3 is 10.1 Å². The van der Waals surface area contributed by atoms with E-state index in [1.54, 1.807) is 7.05 Å². The average Bonchev–Trinajstić information content (AvgIpc) is 2.36. The van der Waals surface area contributed by atoms with Gasteiger partial charge in [-0.05, 0) is 18.8 Å². The minimum Gasteiger partial charge on any atom is -0.449 e. The van der Waals surface area contributed by atoms with Gasteiger partial charge in [-0.2, -0.15) is 0 Å². The minimum atomic E-state index is -0.306. The molecule has 0 rings (SSSR count). The quantitative estimate of drug-likeness (QED) is 0.596. The molecule has 0 saturated carbocycles. The van der Waals surface area contributed by atoms with Crippen LogP contribution in [-0.2, 0) is 4.74 Å². The summed E-state index contributed by atoms with van der Waals surface area (Å²) in [5.41, 5.74) is 0. The number of alkyl carbamates (subject to hydrolysis) is 1. The molecule has 0 fully saturated rings. The summed E-state index contributed by atoms with van der Waals surface area (Å²) in [6.45, 7) is 5.00. The van der Waals surface area contributed by atoms with Crippen molar-refractivity contribution in [1.82, 2.24) is 5.32 Å². The molecule has 0 aliphatic rings. The number of carbonyl (C=O) groups is 1. The molecule has 0 radical (unpaired) electrons. The topological polar surface area (TPSA) is 38.3 Å². The van der Waals surface area contributed by atoms with Crippen LogP contribution >= 0.6 is 12.4 Å². The van der Waals surface area contributed by atoms with Crippen LogP contribution in [0.25, 0.3) is 0 Å². The fourth-order valence-corrected chi connectivity index (χ4v) is 1.93. The van der Waals surface area contributed by atoms with Crippen molar-refractivity contribution < 1.29 is 9.53 Å². The lowest BCUT2D eigenvalue weighted by molar-refractivity contribution is 0.122. The summed E-state index contributed by atoms with van der Waals surface area (Å²) >= 11 is 0. The highest BCUT2D eigenvalue weighted by Crippen LogP contribution is 2.17. The number of ether oxygens (including phenoxy) is 1. The first kappa shape index (κ1) is 19.9. The predicted octanol–water partition coefficient (Wildman–Crippen LogP) is 4.54. The zero-order chi connectivity index (χ0) is 12.9. The smallest absolute Gasteiger partial charge is 0.406 e. The molecular formula is C14H30ClNO2. The zero-order valence-electron chi connectivity index (χ0n) is 12.2. The molecule has 1 amide bonds. The Hall–Kier alpha value is -0.440. The largest absolute Gasteiger partial charge is 0.449 e. The van der Waals surface area contributed by atoms with Crippen molar-refractivity contribution in [3.8, 4) is 0 Å². The monoisotopic (exact) mass is 279 g/mol. The Balaban J connectivity index is 0. The molecule has 4 heteroatoms. The van der Waals surface area contributed by atoms with Gasteiger partial charge in [0.05, 0.1) is 6.61 Å². The van der Waals surface area contributed by atoms with Crippen LogP contribution in [-0.4, -0.2) is 19.7 Å². The lowest BCUT2D eigenvalue weighted by Gasteiger charge is -2.16. The van der Waals surface area contributed by atoms with Gasteiger partial charge in [0.15, 0.2) is 0 Å². The first-order chi connectivity index (χ1) is 8.24. The minimum absolute atomic E-state index is 0. The number of unbranched alkanes of at least 4 members (excludes halogenated alkanes) is 4. The van der Waals surface area contributed by atoms with Crippen molar-refractivity contribution in [3.63, 3.8) is 0 Å². The summed E-state index contributed by atoms with van der Waals surface area (Å²) in [5.74, 6) is 0.545. The van der Waals surface area contributed by atoms with Crippen LogP contribution in [0.3, 0.4) is 0 Å². The van der Waals surface area contributed by atoms with E-state index >= 15 is 0 Å². The van der Waals surface area contributed by atoms with Gasteiger partial charge in [0.25, 0.3) is 0 Å². The molecule has 0 saturated heterocycles. The molecule has 0 aliphatic carbocycles. The second-order valence-corrected chi connectivity index (χ2v) is 4.71. The fraction of sp³-hybridized carbons (Fsp3) is 0.929. The van der Waals surface area contributed by atoms with Crippen molar-refractivity contribution in [3.05, 3.63) is 0 Å². The summed E-state index contributed by atoms with van der Waals surface area (Å²) in [5, 5.41) is 2.49. The van der Waals surface area contributed by atoms with Crippen LogP contribution < -0.4 is 5.32 Å². The van der Waals surface area contributed by atoms with Crippen molar-refractivity contribution in [1.29, 1.82) is 0 Å². The predicted molar refractivity (Wildman–Crippen MR) is 79.4 cm³/mol. The molecule has 110 valence electrons. The maximum absolute atomic E-state index is 11.0. The highest BCUT2D eigenvalue weighted by molar-refractivity contribution is 5.85. The normalized spacial score (nSPS) is 11.5. The summed E-state index contributed by atoms with van der Waals surface area (Å²) in [6.07, 6.45) is 9.67. The molecule has 0 aromatic carbocycles. The van der Waals surface area contributed by atoms with Gasteiger partial charge >= 0.3 is 6.09 Å². The maximum Gasteiger partial charge on any atom is 0.406 e. The van der Waals surface area contributed by atoms with E-state index in [1.807, 2.05) is 0 Å². The van der Waals surface area contributed by atoms with Gasteiger partial charge in [0.2, 0.25) is 0 Å². The number of amides is 1. The van der Waals surface area contributed by atoms with Crippen molar-refractivity contribution in [2.75, 3.05) is 13.7 Å². The van der Waals surface area contributed by atoms with Crippen LogP contribution in [0.5, 0.6) is 0 Å². The first-order valence-corrected chi connectivity index (χ1v) is 7.09. The van der Waals surface area contributed by atoms with E-state index in [1.165, 1.54) is 51.4 Å². The first-order valence-electron chi connectivity index (χ1n) is 7.09. The van der Waals surface area contributed by atoms with Gasteiger partial charge in [-0.15, -0.1) is 12.4 Å². The molecule has 1 atom stereocenters. The average molecular weight is 280 g/mol. The molecule has 0 bridgehead atoms. The molecular weight excluding hydrogens is 250 g/mol. The number of halogens is 1. The Bertz CT molecular complexity index is 189. The summed E-state index contributed by atoms with van der Waals surface area (Å²) in [6, 6.07) is 0. The SMILES string of the molecule is CCCCCCC(CCCC)COC(=O)NC.Cl. The number of hydrogen-bond donors (Lipinski definition) is 1. The van der Waals surface area contributed by atoms with E-state index in [-0.39, 0.29) is 18.5 Å². The molecule has 1 unspecified atom stereocenters. The summed E-state index contributed by atoms with van der Waals surface area (Å²) in [4.78, 5) is 11.0. The van der Waals surface area contributed by atoms with Crippen LogP contribution in [0.1, 0.15) is 65.2 Å². The van der Waals surface area contributed by atoms with Gasteiger partial charge in [0.1, 0.15) is 0 Å². The molecule has 0 spiro atoms. The Morgan fingerprint density at radius 3 is 2.22 bits per heavy atom. The van der Waals surface area contributed by atoms with Crippen LogP contribution in [0.4, 0.5) is 4.79 Å². The van der Waals surface area contributed by atoms with E-state index in [0.29, 0.717) is 12.5 Å². The third-order valence-electron chi connectivity index (χ3n) is 3.09.